The largest absolute Gasteiger partial charge is 0.497 e. The van der Waals surface area contributed by atoms with Crippen LogP contribution in [-0.2, 0) is 9.53 Å². The highest BCUT2D eigenvalue weighted by Crippen LogP contribution is 2.54. The van der Waals surface area contributed by atoms with Gasteiger partial charge < -0.3 is 19.5 Å². The summed E-state index contributed by atoms with van der Waals surface area (Å²) in [5.41, 5.74) is -1.77. The van der Waals surface area contributed by atoms with Crippen LogP contribution in [0.2, 0.25) is 0 Å². The van der Waals surface area contributed by atoms with E-state index in [0.717, 1.165) is 25.7 Å². The Bertz CT molecular complexity index is 703. The molecule has 0 aromatic heterocycles. The molecule has 6 nitrogen and oxygen atoms in total. The van der Waals surface area contributed by atoms with Crippen molar-refractivity contribution < 1.29 is 23.8 Å². The Morgan fingerprint density at radius 3 is 1.89 bits per heavy atom. The number of methoxy groups -OCH3 is 1. The Hall–Kier alpha value is -2.24. The summed E-state index contributed by atoms with van der Waals surface area (Å²) in [7, 11) is 1.58. The Balaban J connectivity index is 1.81. The van der Waals surface area contributed by atoms with Gasteiger partial charge in [-0.2, -0.15) is 0 Å². The maximum atomic E-state index is 13.3. The predicted octanol–water partition coefficient (Wildman–Crippen LogP) is 4.32. The van der Waals surface area contributed by atoms with Crippen LogP contribution in [0.3, 0.4) is 0 Å². The summed E-state index contributed by atoms with van der Waals surface area (Å²) >= 11 is 0. The molecule has 0 heterocycles. The van der Waals surface area contributed by atoms with Crippen molar-refractivity contribution in [3.05, 3.63) is 24.3 Å². The predicted molar refractivity (Wildman–Crippen MR) is 105 cm³/mol. The number of ether oxygens (including phenoxy) is 3. The second kappa shape index (κ2) is 7.64. The number of esters is 1. The van der Waals surface area contributed by atoms with E-state index in [-0.39, 0.29) is 5.92 Å². The minimum Gasteiger partial charge on any atom is -0.497 e. The molecule has 0 saturated heterocycles. The molecular formula is C22H31NO5. The van der Waals surface area contributed by atoms with Gasteiger partial charge in [0.25, 0.3) is 0 Å². The van der Waals surface area contributed by atoms with E-state index < -0.39 is 23.2 Å². The molecular weight excluding hydrogens is 358 g/mol. The van der Waals surface area contributed by atoms with Gasteiger partial charge in [-0.05, 0) is 95.4 Å². The van der Waals surface area contributed by atoms with Crippen LogP contribution < -0.4 is 14.8 Å². The average molecular weight is 389 g/mol. The molecule has 3 rings (SSSR count). The van der Waals surface area contributed by atoms with Crippen molar-refractivity contribution in [2.24, 2.45) is 17.8 Å². The lowest BCUT2D eigenvalue weighted by molar-refractivity contribution is -0.144. The number of nitrogens with one attached hydrogen (secondary N) is 1. The fourth-order valence-corrected chi connectivity index (χ4v) is 3.88. The van der Waals surface area contributed by atoms with Gasteiger partial charge in [-0.25, -0.2) is 9.59 Å². The summed E-state index contributed by atoms with van der Waals surface area (Å²) in [5.74, 6) is 1.60. The number of amides is 1. The van der Waals surface area contributed by atoms with Crippen LogP contribution in [-0.4, -0.2) is 30.3 Å². The summed E-state index contributed by atoms with van der Waals surface area (Å²) < 4.78 is 16.3. The zero-order valence-corrected chi connectivity index (χ0v) is 17.4. The van der Waals surface area contributed by atoms with E-state index >= 15 is 0 Å². The number of rotatable bonds is 7. The third-order valence-electron chi connectivity index (χ3n) is 5.38. The van der Waals surface area contributed by atoms with Crippen molar-refractivity contribution in [3.8, 4) is 11.5 Å². The van der Waals surface area contributed by atoms with Gasteiger partial charge in [0, 0.05) is 0 Å². The van der Waals surface area contributed by atoms with Crippen LogP contribution in [0.25, 0.3) is 0 Å². The van der Waals surface area contributed by atoms with Crippen molar-refractivity contribution in [2.75, 3.05) is 7.11 Å². The van der Waals surface area contributed by atoms with Gasteiger partial charge >= 0.3 is 12.1 Å². The Kier molecular flexibility index (Phi) is 5.60. The summed E-state index contributed by atoms with van der Waals surface area (Å²) in [5, 5.41) is 2.87. The molecule has 2 saturated carbocycles. The fraction of sp³-hybridized carbons (Fsp3) is 0.636. The normalized spacial score (nSPS) is 18.9. The van der Waals surface area contributed by atoms with Crippen LogP contribution in [0.15, 0.2) is 24.3 Å². The highest BCUT2D eigenvalue weighted by molar-refractivity contribution is 5.87. The van der Waals surface area contributed by atoms with E-state index in [2.05, 4.69) is 5.32 Å². The minimum absolute atomic E-state index is 0.0609. The first-order chi connectivity index (χ1) is 13.1. The highest BCUT2D eigenvalue weighted by atomic mass is 16.6. The third kappa shape index (κ3) is 4.97. The molecule has 0 radical (unpaired) electrons. The van der Waals surface area contributed by atoms with Crippen LogP contribution in [0.1, 0.15) is 53.4 Å². The molecule has 154 valence electrons. The molecule has 6 heteroatoms. The standard InChI is InChI=1S/C22H31NO5/c1-21(2,3)28-20(25)23-22(4,18(14-6-7-14)15-8-9-15)19(24)27-17-12-10-16(26-5)11-13-17/h10-15,18H,6-9H2,1-5H3,(H,23,25). The third-order valence-corrected chi connectivity index (χ3v) is 5.38. The van der Waals surface area contributed by atoms with Gasteiger partial charge in [0.05, 0.1) is 7.11 Å². The molecule has 1 aromatic rings. The molecule has 1 N–H and O–H groups in total. The first kappa shape index (κ1) is 20.5. The molecule has 28 heavy (non-hydrogen) atoms. The van der Waals surface area contributed by atoms with Crippen molar-refractivity contribution in [1.29, 1.82) is 0 Å². The van der Waals surface area contributed by atoms with E-state index in [1.165, 1.54) is 0 Å². The quantitative estimate of drug-likeness (QED) is 0.555. The van der Waals surface area contributed by atoms with Gasteiger partial charge in [0.15, 0.2) is 0 Å². The lowest BCUT2D eigenvalue weighted by atomic mass is 9.78. The first-order valence-electron chi connectivity index (χ1n) is 10.00. The zero-order valence-electron chi connectivity index (χ0n) is 17.4. The van der Waals surface area contributed by atoms with Crippen molar-refractivity contribution in [3.63, 3.8) is 0 Å². The lowest BCUT2D eigenvalue weighted by Crippen LogP contribution is -2.60. The summed E-state index contributed by atoms with van der Waals surface area (Å²) in [6.45, 7) is 7.20. The van der Waals surface area contributed by atoms with E-state index in [9.17, 15) is 9.59 Å². The van der Waals surface area contributed by atoms with Crippen LogP contribution >= 0.6 is 0 Å². The molecule has 0 aliphatic heterocycles. The molecule has 1 aromatic carbocycles. The molecule has 0 spiro atoms. The molecule has 2 fully saturated rings. The topological polar surface area (TPSA) is 73.9 Å². The summed E-state index contributed by atoms with van der Waals surface area (Å²) in [6.07, 6.45) is 3.75. The van der Waals surface area contributed by atoms with Gasteiger partial charge in [0.1, 0.15) is 22.6 Å². The van der Waals surface area contributed by atoms with Gasteiger partial charge in [0.2, 0.25) is 0 Å². The van der Waals surface area contributed by atoms with E-state index in [4.69, 9.17) is 14.2 Å². The van der Waals surface area contributed by atoms with E-state index in [1.807, 2.05) is 0 Å². The van der Waals surface area contributed by atoms with Gasteiger partial charge in [-0.1, -0.05) is 0 Å². The molecule has 0 bridgehead atoms. The number of hydrogen-bond donors (Lipinski definition) is 1. The summed E-state index contributed by atoms with van der Waals surface area (Å²) in [4.78, 5) is 25.8. The average Bonchev–Trinajstić information content (AvgIpc) is 3.49. The van der Waals surface area contributed by atoms with Crippen LogP contribution in [0, 0.1) is 17.8 Å². The van der Waals surface area contributed by atoms with Crippen molar-refractivity contribution >= 4 is 12.1 Å². The number of benzene rings is 1. The second-order valence-corrected chi connectivity index (χ2v) is 9.09. The lowest BCUT2D eigenvalue weighted by Gasteiger charge is -2.37. The molecule has 2 aliphatic carbocycles. The van der Waals surface area contributed by atoms with Crippen molar-refractivity contribution in [1.82, 2.24) is 5.32 Å². The smallest absolute Gasteiger partial charge is 0.408 e. The molecule has 1 amide bonds. The molecule has 1 atom stereocenters. The van der Waals surface area contributed by atoms with Gasteiger partial charge in [-0.15, -0.1) is 0 Å². The maximum absolute atomic E-state index is 13.3. The minimum atomic E-state index is -1.13. The highest BCUT2D eigenvalue weighted by Gasteiger charge is 2.56. The van der Waals surface area contributed by atoms with Crippen LogP contribution in [0.4, 0.5) is 4.79 Å². The van der Waals surface area contributed by atoms with E-state index in [1.54, 1.807) is 59.1 Å². The number of alkyl carbamates (subject to hydrolysis) is 1. The van der Waals surface area contributed by atoms with Crippen LogP contribution in [0.5, 0.6) is 11.5 Å². The number of carbonyl (C=O) groups excluding carboxylic acids is 2. The molecule has 2 aliphatic rings. The monoisotopic (exact) mass is 389 g/mol. The fourth-order valence-electron chi connectivity index (χ4n) is 3.88. The van der Waals surface area contributed by atoms with Crippen molar-refractivity contribution in [2.45, 2.75) is 64.5 Å². The Labute approximate surface area is 166 Å². The van der Waals surface area contributed by atoms with Gasteiger partial charge in [-0.3, -0.25) is 0 Å². The SMILES string of the molecule is COc1ccc(OC(=O)C(C)(NC(=O)OC(C)(C)C)C(C2CC2)C2CC2)cc1. The maximum Gasteiger partial charge on any atom is 0.408 e. The second-order valence-electron chi connectivity index (χ2n) is 9.09. The molecule has 1 unspecified atom stereocenters. The van der Waals surface area contributed by atoms with E-state index in [0.29, 0.717) is 23.3 Å². The summed E-state index contributed by atoms with van der Waals surface area (Å²) in [6, 6.07) is 6.85. The first-order valence-corrected chi connectivity index (χ1v) is 10.00. The Morgan fingerprint density at radius 2 is 1.46 bits per heavy atom. The zero-order chi connectivity index (χ0) is 20.5. The number of carbonyl (C=O) groups is 2. The Morgan fingerprint density at radius 1 is 0.964 bits per heavy atom. The number of hydrogen-bond acceptors (Lipinski definition) is 5.